The van der Waals surface area contributed by atoms with Crippen molar-refractivity contribution < 1.29 is 4.79 Å². The molecule has 0 spiro atoms. The van der Waals surface area contributed by atoms with Crippen molar-refractivity contribution in [1.82, 2.24) is 4.90 Å². The van der Waals surface area contributed by atoms with Crippen molar-refractivity contribution >= 4 is 18.3 Å². The Kier molecular flexibility index (Phi) is 12.1. The third kappa shape index (κ3) is 8.67. The Labute approximate surface area is 137 Å². The highest BCUT2D eigenvalue weighted by atomic mass is 35.5. The molecule has 0 aliphatic carbocycles. The maximum atomic E-state index is 12.4. The summed E-state index contributed by atoms with van der Waals surface area (Å²) in [5.74, 6) is 1.14. The van der Waals surface area contributed by atoms with Crippen molar-refractivity contribution in [2.24, 2.45) is 11.7 Å². The van der Waals surface area contributed by atoms with Crippen LogP contribution in [0.15, 0.2) is 0 Å². The molecule has 0 saturated carbocycles. The van der Waals surface area contributed by atoms with Crippen molar-refractivity contribution in [2.75, 3.05) is 13.1 Å². The first-order valence-electron chi connectivity index (χ1n) is 8.64. The standard InChI is InChI=1S/C17H34N2O.ClH/c1-15(2)11-12-16-9-6-8-14-19(16)17(20)10-5-3-4-7-13-18;/h15-16H,3-14,18H2,1-2H3;1H. The zero-order chi connectivity index (χ0) is 14.8. The molecule has 0 bridgehead atoms. The van der Waals surface area contributed by atoms with Gasteiger partial charge in [-0.1, -0.05) is 26.7 Å². The molecule has 126 valence electrons. The van der Waals surface area contributed by atoms with E-state index in [4.69, 9.17) is 5.73 Å². The number of likely N-dealkylation sites (tertiary alicyclic amines) is 1. The van der Waals surface area contributed by atoms with E-state index in [0.717, 1.165) is 44.7 Å². The number of carbonyl (C=O) groups is 1. The fraction of sp³-hybridized carbons (Fsp3) is 0.941. The van der Waals surface area contributed by atoms with Crippen LogP contribution in [-0.4, -0.2) is 29.9 Å². The Balaban J connectivity index is 0.00000400. The average molecular weight is 319 g/mol. The van der Waals surface area contributed by atoms with Crippen LogP contribution in [0.5, 0.6) is 0 Å². The van der Waals surface area contributed by atoms with Gasteiger partial charge in [0.2, 0.25) is 5.91 Å². The van der Waals surface area contributed by atoms with Crippen LogP contribution in [0.2, 0.25) is 0 Å². The van der Waals surface area contributed by atoms with Gasteiger partial charge in [0.25, 0.3) is 0 Å². The van der Waals surface area contributed by atoms with Crippen LogP contribution in [0.25, 0.3) is 0 Å². The highest BCUT2D eigenvalue weighted by Gasteiger charge is 2.25. The van der Waals surface area contributed by atoms with E-state index in [9.17, 15) is 4.79 Å². The van der Waals surface area contributed by atoms with E-state index in [0.29, 0.717) is 11.9 Å². The minimum absolute atomic E-state index is 0. The van der Waals surface area contributed by atoms with Gasteiger partial charge in [0, 0.05) is 19.0 Å². The van der Waals surface area contributed by atoms with E-state index in [1.54, 1.807) is 0 Å². The molecular formula is C17H35ClN2O. The van der Waals surface area contributed by atoms with Crippen LogP contribution in [-0.2, 0) is 4.79 Å². The highest BCUT2D eigenvalue weighted by Crippen LogP contribution is 2.23. The van der Waals surface area contributed by atoms with Gasteiger partial charge >= 0.3 is 0 Å². The normalized spacial score (nSPS) is 18.7. The largest absolute Gasteiger partial charge is 0.340 e. The van der Waals surface area contributed by atoms with Gasteiger partial charge in [-0.15, -0.1) is 12.4 Å². The smallest absolute Gasteiger partial charge is 0.222 e. The van der Waals surface area contributed by atoms with Gasteiger partial charge in [-0.05, 0) is 57.4 Å². The van der Waals surface area contributed by atoms with Gasteiger partial charge in [-0.3, -0.25) is 4.79 Å². The Morgan fingerprint density at radius 3 is 2.57 bits per heavy atom. The van der Waals surface area contributed by atoms with Crippen LogP contribution in [0.1, 0.15) is 78.1 Å². The molecule has 0 radical (unpaired) electrons. The third-order valence-corrected chi connectivity index (χ3v) is 4.37. The number of carbonyl (C=O) groups excluding carboxylic acids is 1. The molecule has 1 aliphatic heterocycles. The molecule has 2 N–H and O–H groups in total. The molecule has 0 aromatic heterocycles. The predicted octanol–water partition coefficient (Wildman–Crippen LogP) is 4.13. The van der Waals surface area contributed by atoms with Gasteiger partial charge in [0.1, 0.15) is 0 Å². The molecule has 1 atom stereocenters. The molecule has 0 aromatic carbocycles. The van der Waals surface area contributed by atoms with E-state index in [-0.39, 0.29) is 12.4 Å². The maximum absolute atomic E-state index is 12.4. The number of nitrogens with two attached hydrogens (primary N) is 1. The van der Waals surface area contributed by atoms with Crippen LogP contribution in [0.4, 0.5) is 0 Å². The summed E-state index contributed by atoms with van der Waals surface area (Å²) in [6.07, 6.45) is 11.3. The van der Waals surface area contributed by atoms with Gasteiger partial charge in [-0.25, -0.2) is 0 Å². The molecule has 3 nitrogen and oxygen atoms in total. The number of hydrogen-bond acceptors (Lipinski definition) is 2. The minimum atomic E-state index is 0. The zero-order valence-corrected chi connectivity index (χ0v) is 14.8. The quantitative estimate of drug-likeness (QED) is 0.650. The summed E-state index contributed by atoms with van der Waals surface area (Å²) in [5.41, 5.74) is 5.49. The van der Waals surface area contributed by atoms with Crippen molar-refractivity contribution in [2.45, 2.75) is 84.1 Å². The molecule has 1 heterocycles. The van der Waals surface area contributed by atoms with Crippen molar-refractivity contribution in [3.05, 3.63) is 0 Å². The average Bonchev–Trinajstić information content (AvgIpc) is 2.45. The number of unbranched alkanes of at least 4 members (excludes halogenated alkanes) is 3. The molecule has 0 aromatic rings. The Morgan fingerprint density at radius 2 is 1.90 bits per heavy atom. The summed E-state index contributed by atoms with van der Waals surface area (Å²) < 4.78 is 0. The first kappa shape index (κ1) is 20.7. The Morgan fingerprint density at radius 1 is 1.19 bits per heavy atom. The second-order valence-corrected chi connectivity index (χ2v) is 6.66. The molecule has 1 amide bonds. The number of hydrogen-bond donors (Lipinski definition) is 1. The van der Waals surface area contributed by atoms with Crippen LogP contribution in [0, 0.1) is 5.92 Å². The molecular weight excluding hydrogens is 284 g/mol. The summed E-state index contributed by atoms with van der Waals surface area (Å²) in [7, 11) is 0. The summed E-state index contributed by atoms with van der Waals surface area (Å²) in [5, 5.41) is 0. The minimum Gasteiger partial charge on any atom is -0.340 e. The van der Waals surface area contributed by atoms with Gasteiger partial charge < -0.3 is 10.6 Å². The van der Waals surface area contributed by atoms with E-state index in [1.165, 1.54) is 38.5 Å². The second-order valence-electron chi connectivity index (χ2n) is 6.66. The summed E-state index contributed by atoms with van der Waals surface area (Å²) in [4.78, 5) is 14.6. The molecule has 1 rings (SSSR count). The number of piperidine rings is 1. The lowest BCUT2D eigenvalue weighted by Gasteiger charge is -2.36. The molecule has 1 saturated heterocycles. The third-order valence-electron chi connectivity index (χ3n) is 4.37. The molecule has 1 aliphatic rings. The lowest BCUT2D eigenvalue weighted by molar-refractivity contribution is -0.135. The monoisotopic (exact) mass is 318 g/mol. The number of halogens is 1. The fourth-order valence-electron chi connectivity index (χ4n) is 3.07. The number of nitrogens with zero attached hydrogens (tertiary/aromatic N) is 1. The molecule has 1 fully saturated rings. The molecule has 4 heteroatoms. The Bertz CT molecular complexity index is 272. The topological polar surface area (TPSA) is 46.3 Å². The number of rotatable bonds is 9. The lowest BCUT2D eigenvalue weighted by Crippen LogP contribution is -2.43. The van der Waals surface area contributed by atoms with Crippen molar-refractivity contribution in [3.8, 4) is 0 Å². The van der Waals surface area contributed by atoms with Crippen LogP contribution >= 0.6 is 12.4 Å². The first-order chi connectivity index (χ1) is 9.65. The van der Waals surface area contributed by atoms with Crippen molar-refractivity contribution in [1.29, 1.82) is 0 Å². The lowest BCUT2D eigenvalue weighted by atomic mass is 9.94. The van der Waals surface area contributed by atoms with Crippen LogP contribution < -0.4 is 5.73 Å². The molecule has 21 heavy (non-hydrogen) atoms. The van der Waals surface area contributed by atoms with Gasteiger partial charge in [0.05, 0.1) is 0 Å². The Hall–Kier alpha value is -0.280. The van der Waals surface area contributed by atoms with E-state index in [2.05, 4.69) is 18.7 Å². The number of amides is 1. The first-order valence-corrected chi connectivity index (χ1v) is 8.64. The summed E-state index contributed by atoms with van der Waals surface area (Å²) >= 11 is 0. The highest BCUT2D eigenvalue weighted by molar-refractivity contribution is 5.85. The maximum Gasteiger partial charge on any atom is 0.222 e. The van der Waals surface area contributed by atoms with Crippen molar-refractivity contribution in [3.63, 3.8) is 0 Å². The molecule has 1 unspecified atom stereocenters. The van der Waals surface area contributed by atoms with E-state index in [1.807, 2.05) is 0 Å². The van der Waals surface area contributed by atoms with E-state index >= 15 is 0 Å². The van der Waals surface area contributed by atoms with E-state index < -0.39 is 0 Å². The zero-order valence-electron chi connectivity index (χ0n) is 14.0. The second kappa shape index (κ2) is 12.3. The summed E-state index contributed by atoms with van der Waals surface area (Å²) in [6, 6.07) is 0.516. The predicted molar refractivity (Wildman–Crippen MR) is 92.8 cm³/mol. The summed E-state index contributed by atoms with van der Waals surface area (Å²) in [6.45, 7) is 6.31. The fourth-order valence-corrected chi connectivity index (χ4v) is 3.07. The SMILES string of the molecule is CC(C)CCC1CCCCN1C(=O)CCCCCCN.Cl. The van der Waals surface area contributed by atoms with Gasteiger partial charge in [-0.2, -0.15) is 0 Å². The van der Waals surface area contributed by atoms with Gasteiger partial charge in [0.15, 0.2) is 0 Å². The van der Waals surface area contributed by atoms with Crippen LogP contribution in [0.3, 0.4) is 0 Å².